The molecule has 37 heavy (non-hydrogen) atoms. The zero-order valence-electron chi connectivity index (χ0n) is 19.6. The van der Waals surface area contributed by atoms with Crippen molar-refractivity contribution < 1.29 is 132 Å². The summed E-state index contributed by atoms with van der Waals surface area (Å²) in [6.07, 6.45) is 0. The van der Waals surface area contributed by atoms with Crippen molar-refractivity contribution in [3.05, 3.63) is 65.7 Å². The van der Waals surface area contributed by atoms with Crippen molar-refractivity contribution in [2.24, 2.45) is 20.5 Å². The molecule has 0 atom stereocenters. The number of rotatable bonds is 7. The Morgan fingerprint density at radius 1 is 0.649 bits per heavy atom. The SMILES string of the molecule is O=C(O)c1cc(N=Nc2ccc(N=Nc3ccc([O-])c(C(=O)O)c3)c(S(=O)(=O)[O-])c2)ccc1[O-].[Na+].[Na+].[Na+]. The minimum absolute atomic E-state index is 0. The number of hydrogen-bond donors (Lipinski definition) is 2. The summed E-state index contributed by atoms with van der Waals surface area (Å²) in [6, 6.07) is 9.36. The molecule has 3 aromatic carbocycles. The third-order valence-electron chi connectivity index (χ3n) is 4.15. The van der Waals surface area contributed by atoms with Crippen molar-refractivity contribution >= 4 is 44.8 Å². The van der Waals surface area contributed by atoms with Crippen molar-refractivity contribution in [2.45, 2.75) is 4.90 Å². The molecule has 0 heterocycles. The number of hydrogen-bond acceptors (Lipinski definition) is 11. The van der Waals surface area contributed by atoms with Gasteiger partial charge in [0.15, 0.2) is 0 Å². The summed E-state index contributed by atoms with van der Waals surface area (Å²) < 4.78 is 35.1. The van der Waals surface area contributed by atoms with Crippen LogP contribution in [0.2, 0.25) is 0 Å². The summed E-state index contributed by atoms with van der Waals surface area (Å²) in [5, 5.41) is 55.8. The summed E-state index contributed by atoms with van der Waals surface area (Å²) in [5.41, 5.74) is -1.69. The zero-order chi connectivity index (χ0) is 25.0. The third kappa shape index (κ3) is 9.53. The van der Waals surface area contributed by atoms with E-state index in [4.69, 9.17) is 10.2 Å². The van der Waals surface area contributed by atoms with Gasteiger partial charge >= 0.3 is 101 Å². The summed E-state index contributed by atoms with van der Waals surface area (Å²) in [4.78, 5) is 21.3. The predicted octanol–water partition coefficient (Wildman–Crippen LogP) is -6.02. The first-order valence-electron chi connectivity index (χ1n) is 8.98. The first-order valence-corrected chi connectivity index (χ1v) is 10.4. The molecule has 3 rings (SSSR count). The van der Waals surface area contributed by atoms with Crippen LogP contribution in [-0.4, -0.2) is 35.1 Å². The molecule has 0 bridgehead atoms. The van der Waals surface area contributed by atoms with Crippen LogP contribution >= 0.6 is 0 Å². The Labute approximate surface area is 276 Å². The van der Waals surface area contributed by atoms with Crippen LogP contribution in [0.3, 0.4) is 0 Å². The second kappa shape index (κ2) is 15.0. The van der Waals surface area contributed by atoms with Crippen LogP contribution in [0.15, 0.2) is 79.9 Å². The quantitative estimate of drug-likeness (QED) is 0.161. The summed E-state index contributed by atoms with van der Waals surface area (Å²) >= 11 is 0. The number of carbonyl (C=O) groups is 2. The van der Waals surface area contributed by atoms with E-state index in [-0.39, 0.29) is 111 Å². The fraction of sp³-hybridized carbons (Fsp3) is 0. The average Bonchev–Trinajstić information content (AvgIpc) is 2.77. The van der Waals surface area contributed by atoms with Gasteiger partial charge in [0.2, 0.25) is 0 Å². The van der Waals surface area contributed by atoms with Gasteiger partial charge in [0.1, 0.15) is 15.8 Å². The van der Waals surface area contributed by atoms with Crippen molar-refractivity contribution in [1.82, 2.24) is 0 Å². The molecule has 2 N–H and O–H groups in total. The van der Waals surface area contributed by atoms with Crippen molar-refractivity contribution in [3.8, 4) is 11.5 Å². The molecule has 17 heteroatoms. The van der Waals surface area contributed by atoms with Gasteiger partial charge in [-0.3, -0.25) is 0 Å². The summed E-state index contributed by atoms with van der Waals surface area (Å²) in [6.45, 7) is 0. The maximum absolute atomic E-state index is 11.7. The second-order valence-electron chi connectivity index (χ2n) is 6.48. The van der Waals surface area contributed by atoms with E-state index < -0.39 is 49.6 Å². The fourth-order valence-corrected chi connectivity index (χ4v) is 3.20. The van der Waals surface area contributed by atoms with Crippen LogP contribution in [0.5, 0.6) is 11.5 Å². The number of azo groups is 2. The predicted molar refractivity (Wildman–Crippen MR) is 108 cm³/mol. The molecule has 0 fully saturated rings. The molecule has 0 aromatic heterocycles. The number of aromatic carboxylic acids is 2. The first-order chi connectivity index (χ1) is 16.0. The topological polar surface area (TPSA) is 227 Å². The van der Waals surface area contributed by atoms with E-state index in [1.165, 1.54) is 12.1 Å². The van der Waals surface area contributed by atoms with Crippen LogP contribution in [-0.2, 0) is 10.1 Å². The molecule has 0 amide bonds. The van der Waals surface area contributed by atoms with Crippen LogP contribution in [0, 0.1) is 0 Å². The zero-order valence-corrected chi connectivity index (χ0v) is 26.5. The Balaban J connectivity index is 0.00000432. The molecule has 0 aliphatic heterocycles. The fourth-order valence-electron chi connectivity index (χ4n) is 2.57. The van der Waals surface area contributed by atoms with Crippen molar-refractivity contribution in [1.29, 1.82) is 0 Å². The van der Waals surface area contributed by atoms with Gasteiger partial charge in [-0.25, -0.2) is 18.0 Å². The molecular weight excluding hydrogens is 541 g/mol. The number of nitrogens with zero attached hydrogens (tertiary/aromatic N) is 4. The molecule has 0 saturated heterocycles. The number of carboxylic acid groups (broad SMARTS) is 2. The molecule has 0 spiro atoms. The van der Waals surface area contributed by atoms with E-state index in [0.717, 1.165) is 42.5 Å². The molecule has 0 unspecified atom stereocenters. The molecule has 0 saturated carbocycles. The van der Waals surface area contributed by atoms with Gasteiger partial charge < -0.3 is 25.0 Å². The molecule has 174 valence electrons. The molecule has 0 aliphatic rings. The van der Waals surface area contributed by atoms with Gasteiger partial charge in [0, 0.05) is 0 Å². The summed E-state index contributed by atoms with van der Waals surface area (Å²) in [7, 11) is -5.06. The number of benzene rings is 3. The van der Waals surface area contributed by atoms with Gasteiger partial charge in [-0.05, 0) is 42.5 Å². The van der Waals surface area contributed by atoms with E-state index in [1.807, 2.05) is 0 Å². The second-order valence-corrected chi connectivity index (χ2v) is 7.83. The Kier molecular flexibility index (Phi) is 14.4. The molecule has 13 nitrogen and oxygen atoms in total. The van der Waals surface area contributed by atoms with Crippen molar-refractivity contribution in [3.63, 3.8) is 0 Å². The minimum Gasteiger partial charge on any atom is -0.872 e. The normalized spacial score (nSPS) is 10.8. The number of carboxylic acids is 2. The van der Waals surface area contributed by atoms with Gasteiger partial charge in [0.25, 0.3) is 0 Å². The minimum atomic E-state index is -5.06. The van der Waals surface area contributed by atoms with Crippen LogP contribution in [0.4, 0.5) is 22.7 Å². The Hall–Kier alpha value is -1.69. The van der Waals surface area contributed by atoms with E-state index in [2.05, 4.69) is 20.5 Å². The summed E-state index contributed by atoms with van der Waals surface area (Å²) in [5.74, 6) is -4.44. The van der Waals surface area contributed by atoms with E-state index in [9.17, 15) is 32.8 Å². The third-order valence-corrected chi connectivity index (χ3v) is 5.02. The van der Waals surface area contributed by atoms with E-state index >= 15 is 0 Å². The maximum atomic E-state index is 11.7. The monoisotopic (exact) mass is 552 g/mol. The van der Waals surface area contributed by atoms with Crippen molar-refractivity contribution in [2.75, 3.05) is 0 Å². The molecule has 3 aromatic rings. The van der Waals surface area contributed by atoms with Crippen LogP contribution in [0.1, 0.15) is 20.7 Å². The van der Waals surface area contributed by atoms with Crippen LogP contribution < -0.4 is 98.9 Å². The van der Waals surface area contributed by atoms with Gasteiger partial charge in [-0.1, -0.05) is 23.6 Å². The maximum Gasteiger partial charge on any atom is 1.00 e. The van der Waals surface area contributed by atoms with Gasteiger partial charge in [-0.2, -0.15) is 15.3 Å². The Morgan fingerprint density at radius 2 is 1.03 bits per heavy atom. The molecule has 0 radical (unpaired) electrons. The Bertz CT molecular complexity index is 1480. The van der Waals surface area contributed by atoms with E-state index in [1.54, 1.807) is 0 Å². The first kappa shape index (κ1) is 35.3. The Morgan fingerprint density at radius 3 is 1.43 bits per heavy atom. The molecule has 0 aliphatic carbocycles. The standard InChI is InChI=1S/C20H14N4O9S.3Na/c25-16-5-2-10(7-13(16)19(27)28)21-22-12-1-4-15(18(9-12)34(31,32)33)24-23-11-3-6-17(26)14(8-11)20(29)30;;;/h1-9,25-26H,(H,27,28)(H,29,30)(H,31,32,33);;;/q;3*+1/p-3. The average molecular weight is 552 g/mol. The van der Waals surface area contributed by atoms with Gasteiger partial charge in [-0.15, -0.1) is 5.11 Å². The largest absolute Gasteiger partial charge is 1.00 e. The van der Waals surface area contributed by atoms with E-state index in [0.29, 0.717) is 0 Å². The van der Waals surface area contributed by atoms with Crippen LogP contribution in [0.25, 0.3) is 0 Å². The smallest absolute Gasteiger partial charge is 0.872 e. The molecular formula is C20H11N4Na3O9S. The van der Waals surface area contributed by atoms with Gasteiger partial charge in [0.05, 0.1) is 33.1 Å².